The first kappa shape index (κ1) is 16.2. The van der Waals surface area contributed by atoms with Crippen molar-refractivity contribution in [2.24, 2.45) is 4.99 Å². The molecule has 0 atom stereocenters. The van der Waals surface area contributed by atoms with E-state index in [-0.39, 0.29) is 5.56 Å². The summed E-state index contributed by atoms with van der Waals surface area (Å²) in [5.74, 6) is -0.00394. The van der Waals surface area contributed by atoms with Crippen molar-refractivity contribution in [1.82, 2.24) is 0 Å². The van der Waals surface area contributed by atoms with Gasteiger partial charge < -0.3 is 14.3 Å². The number of carboxylic acids is 1. The van der Waals surface area contributed by atoms with E-state index in [1.165, 1.54) is 6.07 Å². The van der Waals surface area contributed by atoms with E-state index in [0.29, 0.717) is 22.8 Å². The molecular weight excluding hydrogens is 316 g/mol. The molecule has 0 saturated carbocycles. The van der Waals surface area contributed by atoms with Gasteiger partial charge in [0.15, 0.2) is 0 Å². The number of nitriles is 1. The van der Waals surface area contributed by atoms with E-state index >= 15 is 0 Å². The molecule has 0 aliphatic heterocycles. The van der Waals surface area contributed by atoms with Gasteiger partial charge in [0, 0.05) is 5.56 Å². The minimum atomic E-state index is -1.20. The second kappa shape index (κ2) is 6.85. The van der Waals surface area contributed by atoms with Gasteiger partial charge in [0.25, 0.3) is 0 Å². The van der Waals surface area contributed by atoms with E-state index in [4.69, 9.17) is 9.68 Å². The summed E-state index contributed by atoms with van der Waals surface area (Å²) in [5, 5.41) is 19.7. The van der Waals surface area contributed by atoms with E-state index in [9.17, 15) is 9.90 Å². The average molecular weight is 329 g/mol. The monoisotopic (exact) mass is 329 g/mol. The van der Waals surface area contributed by atoms with Crippen LogP contribution >= 0.6 is 0 Å². The van der Waals surface area contributed by atoms with Crippen LogP contribution in [0.3, 0.4) is 0 Å². The van der Waals surface area contributed by atoms with Crippen molar-refractivity contribution in [2.45, 2.75) is 6.92 Å². The fourth-order valence-electron chi connectivity index (χ4n) is 2.39. The molecule has 0 bridgehead atoms. The molecule has 0 aliphatic carbocycles. The zero-order valence-electron chi connectivity index (χ0n) is 13.4. The average Bonchev–Trinajstić information content (AvgIpc) is 3.09. The molecule has 5 heteroatoms. The summed E-state index contributed by atoms with van der Waals surface area (Å²) < 4.78 is 5.75. The number of carboxylic acid groups (broad SMARTS) is 1. The first-order chi connectivity index (χ1) is 12.1. The van der Waals surface area contributed by atoms with Crippen LogP contribution in [0.15, 0.2) is 64.0 Å². The molecule has 25 heavy (non-hydrogen) atoms. The summed E-state index contributed by atoms with van der Waals surface area (Å²) in [6.45, 7) is 1.81. The Morgan fingerprint density at radius 2 is 1.92 bits per heavy atom. The van der Waals surface area contributed by atoms with Crippen molar-refractivity contribution in [3.8, 4) is 17.4 Å². The van der Waals surface area contributed by atoms with Crippen LogP contribution in [0.5, 0.6) is 0 Å². The predicted octanol–water partition coefficient (Wildman–Crippen LogP) is 3.24. The van der Waals surface area contributed by atoms with Crippen LogP contribution in [-0.4, -0.2) is 12.2 Å². The lowest BCUT2D eigenvalue weighted by molar-refractivity contribution is -0.255. The van der Waals surface area contributed by atoms with Gasteiger partial charge in [0.05, 0.1) is 29.5 Å². The van der Waals surface area contributed by atoms with Gasteiger partial charge in [0.1, 0.15) is 11.5 Å². The summed E-state index contributed by atoms with van der Waals surface area (Å²) in [6.07, 6.45) is 1.59. The number of hydrogen-bond donors (Lipinski definition) is 0. The van der Waals surface area contributed by atoms with Crippen LogP contribution in [-0.2, 0) is 0 Å². The van der Waals surface area contributed by atoms with Crippen LogP contribution in [0.25, 0.3) is 11.3 Å². The minimum absolute atomic E-state index is 0.135. The maximum atomic E-state index is 10.9. The number of aliphatic imine (C=N–C) groups is 1. The molecule has 0 N–H and O–H groups in total. The zero-order chi connectivity index (χ0) is 17.8. The number of hydrogen-bond acceptors (Lipinski definition) is 5. The maximum absolute atomic E-state index is 10.9. The van der Waals surface area contributed by atoms with E-state index in [1.807, 2.05) is 6.92 Å². The molecule has 3 aromatic rings. The number of aromatic carboxylic acids is 1. The topological polar surface area (TPSA) is 89.4 Å². The van der Waals surface area contributed by atoms with E-state index < -0.39 is 5.97 Å². The van der Waals surface area contributed by atoms with Gasteiger partial charge >= 0.3 is 0 Å². The van der Waals surface area contributed by atoms with Gasteiger partial charge in [-0.05, 0) is 60.5 Å². The molecule has 0 amide bonds. The summed E-state index contributed by atoms with van der Waals surface area (Å²) in [5.41, 5.74) is 3.02. The summed E-state index contributed by atoms with van der Waals surface area (Å²) in [4.78, 5) is 15.2. The van der Waals surface area contributed by atoms with E-state index in [2.05, 4.69) is 11.1 Å². The molecule has 3 rings (SSSR count). The van der Waals surface area contributed by atoms with Crippen LogP contribution in [0.2, 0.25) is 0 Å². The first-order valence-electron chi connectivity index (χ1n) is 7.53. The second-order valence-corrected chi connectivity index (χ2v) is 5.44. The van der Waals surface area contributed by atoms with Gasteiger partial charge in [-0.15, -0.1) is 0 Å². The summed E-state index contributed by atoms with van der Waals surface area (Å²) in [7, 11) is 0. The lowest BCUT2D eigenvalue weighted by Crippen LogP contribution is -2.22. The number of carbonyl (C=O) groups excluding carboxylic acids is 1. The van der Waals surface area contributed by atoms with Crippen LogP contribution < -0.4 is 5.11 Å². The third-order valence-corrected chi connectivity index (χ3v) is 3.69. The van der Waals surface area contributed by atoms with Crippen molar-refractivity contribution in [3.63, 3.8) is 0 Å². The smallest absolute Gasteiger partial charge is 0.145 e. The molecule has 0 aliphatic rings. The fourth-order valence-corrected chi connectivity index (χ4v) is 2.39. The Bertz CT molecular complexity index is 993. The van der Waals surface area contributed by atoms with Gasteiger partial charge in [-0.25, -0.2) is 0 Å². The molecule has 0 saturated heterocycles. The Kier molecular flexibility index (Phi) is 4.44. The standard InChI is InChI=1S/C20H14N2O3/c1-13-10-15(20(23)24)4-8-18(13)19-9-7-17(25-19)12-22-16-5-2-14(11-21)3-6-16/h2-10,12H,1H3,(H,23,24)/p-1. The number of aryl methyl sites for hydroxylation is 1. The molecule has 0 spiro atoms. The molecule has 0 unspecified atom stereocenters. The Labute approximate surface area is 144 Å². The highest BCUT2D eigenvalue weighted by Gasteiger charge is 2.08. The molecule has 122 valence electrons. The third-order valence-electron chi connectivity index (χ3n) is 3.69. The van der Waals surface area contributed by atoms with E-state index in [0.717, 1.165) is 11.1 Å². The van der Waals surface area contributed by atoms with Crippen molar-refractivity contribution in [1.29, 1.82) is 5.26 Å². The number of carbonyl (C=O) groups is 1. The molecule has 0 radical (unpaired) electrons. The quantitative estimate of drug-likeness (QED) is 0.687. The highest BCUT2D eigenvalue weighted by Crippen LogP contribution is 2.26. The first-order valence-corrected chi connectivity index (χ1v) is 7.53. The normalized spacial score (nSPS) is 10.7. The maximum Gasteiger partial charge on any atom is 0.145 e. The number of furan rings is 1. The van der Waals surface area contributed by atoms with Gasteiger partial charge in [-0.1, -0.05) is 12.1 Å². The Morgan fingerprint density at radius 1 is 1.16 bits per heavy atom. The minimum Gasteiger partial charge on any atom is -0.545 e. The van der Waals surface area contributed by atoms with Crippen molar-refractivity contribution in [2.75, 3.05) is 0 Å². The molecule has 1 aromatic heterocycles. The number of benzene rings is 2. The third kappa shape index (κ3) is 3.65. The van der Waals surface area contributed by atoms with Crippen molar-refractivity contribution >= 4 is 17.9 Å². The molecule has 2 aromatic carbocycles. The molecule has 5 nitrogen and oxygen atoms in total. The zero-order valence-corrected chi connectivity index (χ0v) is 13.4. The number of nitrogens with zero attached hydrogens (tertiary/aromatic N) is 2. The molecular formula is C20H13N2O3-. The van der Waals surface area contributed by atoms with E-state index in [1.54, 1.807) is 54.7 Å². The highest BCUT2D eigenvalue weighted by molar-refractivity contribution is 5.87. The van der Waals surface area contributed by atoms with Crippen LogP contribution in [0, 0.1) is 18.3 Å². The predicted molar refractivity (Wildman–Crippen MR) is 91.6 cm³/mol. The highest BCUT2D eigenvalue weighted by atomic mass is 16.4. The Morgan fingerprint density at radius 3 is 2.56 bits per heavy atom. The largest absolute Gasteiger partial charge is 0.545 e. The molecule has 1 heterocycles. The number of rotatable bonds is 4. The second-order valence-electron chi connectivity index (χ2n) is 5.44. The SMILES string of the molecule is Cc1cc(C(=O)[O-])ccc1-c1ccc(C=Nc2ccc(C#N)cc2)o1. The lowest BCUT2D eigenvalue weighted by Gasteiger charge is -2.07. The molecule has 0 fully saturated rings. The summed E-state index contributed by atoms with van der Waals surface area (Å²) >= 11 is 0. The lowest BCUT2D eigenvalue weighted by atomic mass is 10.0. The Balaban J connectivity index is 1.81. The van der Waals surface area contributed by atoms with Crippen LogP contribution in [0.4, 0.5) is 5.69 Å². The summed E-state index contributed by atoms with van der Waals surface area (Å²) in [6, 6.07) is 17.3. The van der Waals surface area contributed by atoms with Crippen LogP contribution in [0.1, 0.15) is 27.2 Å². The Hall–Kier alpha value is -3.65. The fraction of sp³-hybridized carbons (Fsp3) is 0.0500. The van der Waals surface area contributed by atoms with Gasteiger partial charge in [0.2, 0.25) is 0 Å². The van der Waals surface area contributed by atoms with Crippen molar-refractivity contribution < 1.29 is 14.3 Å². The van der Waals surface area contributed by atoms with Crippen molar-refractivity contribution in [3.05, 3.63) is 77.0 Å². The van der Waals surface area contributed by atoms with Gasteiger partial charge in [-0.3, -0.25) is 4.99 Å². The van der Waals surface area contributed by atoms with Gasteiger partial charge in [-0.2, -0.15) is 5.26 Å².